The zero-order valence-electron chi connectivity index (χ0n) is 11.6. The molecule has 1 aromatic rings. The molecule has 1 aromatic carbocycles. The maximum absolute atomic E-state index is 9.82. The minimum absolute atomic E-state index is 0.0614. The molecule has 3 rings (SSSR count). The summed E-state index contributed by atoms with van der Waals surface area (Å²) in [6, 6.07) is 3.42. The molecule has 2 bridgehead atoms. The minimum Gasteiger partial charge on any atom is -0.506 e. The Bertz CT molecular complexity index is 662. The van der Waals surface area contributed by atoms with Crippen molar-refractivity contribution < 1.29 is 5.11 Å². The average Bonchev–Trinajstić information content (AvgIpc) is 3.06. The van der Waals surface area contributed by atoms with Crippen LogP contribution in [0.4, 0.5) is 0 Å². The van der Waals surface area contributed by atoms with E-state index in [1.165, 1.54) is 18.7 Å². The molecule has 3 N–H and O–H groups in total. The van der Waals surface area contributed by atoms with Gasteiger partial charge in [0.1, 0.15) is 5.75 Å². The third kappa shape index (κ3) is 3.37. The van der Waals surface area contributed by atoms with Crippen LogP contribution in [0.3, 0.4) is 0 Å². The molecule has 116 valence electrons. The predicted octanol–water partition coefficient (Wildman–Crippen LogP) is 3.46. The van der Waals surface area contributed by atoms with E-state index in [0.717, 1.165) is 6.42 Å². The van der Waals surface area contributed by atoms with Crippen LogP contribution >= 0.6 is 35.4 Å². The fraction of sp³-hybridized carbons (Fsp3) is 0.333. The first kappa shape index (κ1) is 15.6. The van der Waals surface area contributed by atoms with Gasteiger partial charge in [0.15, 0.2) is 5.11 Å². The molecule has 0 aliphatic heterocycles. The Hall–Kier alpha value is -1.30. The third-order valence-electron chi connectivity index (χ3n) is 4.02. The largest absolute Gasteiger partial charge is 0.506 e. The Morgan fingerprint density at radius 3 is 2.82 bits per heavy atom. The van der Waals surface area contributed by atoms with E-state index in [0.29, 0.717) is 33.6 Å². The molecule has 22 heavy (non-hydrogen) atoms. The second-order valence-corrected chi connectivity index (χ2v) is 6.81. The summed E-state index contributed by atoms with van der Waals surface area (Å²) < 4.78 is 0. The second-order valence-electron chi connectivity index (χ2n) is 5.56. The van der Waals surface area contributed by atoms with Crippen LogP contribution < -0.4 is 10.7 Å². The number of hydrogen-bond acceptors (Lipinski definition) is 3. The fourth-order valence-electron chi connectivity index (χ4n) is 2.99. The van der Waals surface area contributed by atoms with Crippen molar-refractivity contribution in [1.29, 1.82) is 0 Å². The van der Waals surface area contributed by atoms with Crippen LogP contribution in [0.5, 0.6) is 5.75 Å². The standard InChI is InChI=1S/C15H15Cl2N3OS/c16-11-5-10(14(21)12(17)6-11)7-18-20-15(22)19-13-4-8-1-2-9(13)3-8/h1-2,5-9,13,21H,3-4H2,(H2,19,20,22)/b18-7+. The van der Waals surface area contributed by atoms with E-state index in [2.05, 4.69) is 28.0 Å². The smallest absolute Gasteiger partial charge is 0.187 e. The van der Waals surface area contributed by atoms with Gasteiger partial charge in [0.2, 0.25) is 0 Å². The van der Waals surface area contributed by atoms with Crippen molar-refractivity contribution in [3.05, 3.63) is 39.9 Å². The van der Waals surface area contributed by atoms with Gasteiger partial charge in [-0.1, -0.05) is 35.4 Å². The molecule has 1 fully saturated rings. The first-order valence-electron chi connectivity index (χ1n) is 6.99. The molecule has 0 spiro atoms. The van der Waals surface area contributed by atoms with Gasteiger partial charge in [0, 0.05) is 16.6 Å². The van der Waals surface area contributed by atoms with Crippen LogP contribution in [-0.2, 0) is 0 Å². The van der Waals surface area contributed by atoms with Crippen molar-refractivity contribution in [3.8, 4) is 5.75 Å². The molecular formula is C15H15Cl2N3OS. The molecule has 2 aliphatic carbocycles. The number of phenols is 1. The Morgan fingerprint density at radius 1 is 1.32 bits per heavy atom. The number of nitrogens with zero attached hydrogens (tertiary/aromatic N) is 1. The van der Waals surface area contributed by atoms with Crippen molar-refractivity contribution in [2.45, 2.75) is 18.9 Å². The number of hydrogen-bond donors (Lipinski definition) is 3. The van der Waals surface area contributed by atoms with Gasteiger partial charge >= 0.3 is 0 Å². The van der Waals surface area contributed by atoms with Gasteiger partial charge in [-0.15, -0.1) is 0 Å². The van der Waals surface area contributed by atoms with Gasteiger partial charge in [0.05, 0.1) is 11.2 Å². The van der Waals surface area contributed by atoms with Gasteiger partial charge in [-0.25, -0.2) is 0 Å². The molecule has 1 saturated carbocycles. The van der Waals surface area contributed by atoms with E-state index in [9.17, 15) is 5.11 Å². The summed E-state index contributed by atoms with van der Waals surface area (Å²) in [5.74, 6) is 1.18. The topological polar surface area (TPSA) is 56.7 Å². The summed E-state index contributed by atoms with van der Waals surface area (Å²) in [4.78, 5) is 0. The van der Waals surface area contributed by atoms with Crippen molar-refractivity contribution in [1.82, 2.24) is 10.7 Å². The van der Waals surface area contributed by atoms with Crippen molar-refractivity contribution in [2.75, 3.05) is 0 Å². The van der Waals surface area contributed by atoms with Gasteiger partial charge in [-0.3, -0.25) is 5.43 Å². The number of fused-ring (bicyclic) bond motifs is 2. The molecule has 0 amide bonds. The number of allylic oxidation sites excluding steroid dienone is 1. The summed E-state index contributed by atoms with van der Waals surface area (Å²) in [6.07, 6.45) is 8.28. The van der Waals surface area contributed by atoms with Crippen molar-refractivity contribution >= 4 is 46.7 Å². The maximum Gasteiger partial charge on any atom is 0.187 e. The minimum atomic E-state index is -0.0614. The van der Waals surface area contributed by atoms with Crippen LogP contribution in [-0.4, -0.2) is 22.5 Å². The number of hydrazone groups is 1. The molecule has 3 unspecified atom stereocenters. The number of aromatic hydroxyl groups is 1. The lowest BCUT2D eigenvalue weighted by Crippen LogP contribution is -2.42. The first-order chi connectivity index (χ1) is 10.5. The third-order valence-corrected chi connectivity index (χ3v) is 4.74. The van der Waals surface area contributed by atoms with Crippen LogP contribution in [0.25, 0.3) is 0 Å². The number of rotatable bonds is 3. The van der Waals surface area contributed by atoms with E-state index in [1.54, 1.807) is 6.07 Å². The normalized spacial score (nSPS) is 25.8. The van der Waals surface area contributed by atoms with Crippen LogP contribution in [0.15, 0.2) is 29.4 Å². The molecule has 2 aliphatic rings. The first-order valence-corrected chi connectivity index (χ1v) is 8.15. The van der Waals surface area contributed by atoms with E-state index in [-0.39, 0.29) is 10.8 Å². The van der Waals surface area contributed by atoms with Crippen LogP contribution in [0.1, 0.15) is 18.4 Å². The van der Waals surface area contributed by atoms with Gasteiger partial charge in [-0.2, -0.15) is 5.10 Å². The summed E-state index contributed by atoms with van der Waals surface area (Å²) in [5, 5.41) is 18.2. The Kier molecular flexibility index (Phi) is 4.57. The molecular weight excluding hydrogens is 341 g/mol. The lowest BCUT2D eigenvalue weighted by atomic mass is 10.0. The Morgan fingerprint density at radius 2 is 2.14 bits per heavy atom. The van der Waals surface area contributed by atoms with Crippen LogP contribution in [0, 0.1) is 11.8 Å². The molecule has 0 radical (unpaired) electrons. The van der Waals surface area contributed by atoms with E-state index in [1.807, 2.05) is 0 Å². The molecule has 4 nitrogen and oxygen atoms in total. The monoisotopic (exact) mass is 355 g/mol. The summed E-state index contributed by atoms with van der Waals surface area (Å²) in [7, 11) is 0. The van der Waals surface area contributed by atoms with E-state index in [4.69, 9.17) is 35.4 Å². The highest BCUT2D eigenvalue weighted by Gasteiger charge is 2.35. The maximum atomic E-state index is 9.82. The van der Waals surface area contributed by atoms with Crippen molar-refractivity contribution in [2.24, 2.45) is 16.9 Å². The fourth-order valence-corrected chi connectivity index (χ4v) is 3.71. The summed E-state index contributed by atoms with van der Waals surface area (Å²) in [6.45, 7) is 0. The second kappa shape index (κ2) is 6.44. The average molecular weight is 356 g/mol. The van der Waals surface area contributed by atoms with Crippen molar-refractivity contribution in [3.63, 3.8) is 0 Å². The lowest BCUT2D eigenvalue weighted by molar-refractivity contribution is 0.474. The molecule has 0 aromatic heterocycles. The Balaban J connectivity index is 1.56. The highest BCUT2D eigenvalue weighted by molar-refractivity contribution is 7.80. The zero-order chi connectivity index (χ0) is 15.7. The summed E-state index contributed by atoms with van der Waals surface area (Å²) >= 11 is 17.0. The SMILES string of the molecule is Oc1c(Cl)cc(Cl)cc1/C=N/NC(=S)NC1CC2C=CC1C2. The number of halogens is 2. The van der Waals surface area contributed by atoms with Crippen LogP contribution in [0.2, 0.25) is 10.0 Å². The summed E-state index contributed by atoms with van der Waals surface area (Å²) in [5.41, 5.74) is 3.18. The molecule has 7 heteroatoms. The number of nitrogens with one attached hydrogen (secondary N) is 2. The van der Waals surface area contributed by atoms with Gasteiger partial charge < -0.3 is 10.4 Å². The molecule has 0 heterocycles. The highest BCUT2D eigenvalue weighted by atomic mass is 35.5. The zero-order valence-corrected chi connectivity index (χ0v) is 13.9. The van der Waals surface area contributed by atoms with E-state index >= 15 is 0 Å². The quantitative estimate of drug-likeness (QED) is 0.336. The molecule has 0 saturated heterocycles. The highest BCUT2D eigenvalue weighted by Crippen LogP contribution is 2.38. The number of thiocarbonyl (C=S) groups is 1. The van der Waals surface area contributed by atoms with Gasteiger partial charge in [-0.05, 0) is 49.0 Å². The lowest BCUT2D eigenvalue weighted by Gasteiger charge is -2.20. The predicted molar refractivity (Wildman–Crippen MR) is 93.7 cm³/mol. The van der Waals surface area contributed by atoms with Gasteiger partial charge in [0.25, 0.3) is 0 Å². The Labute approximate surface area is 144 Å². The van der Waals surface area contributed by atoms with E-state index < -0.39 is 0 Å². The number of benzene rings is 1. The number of phenolic OH excluding ortho intramolecular Hbond substituents is 1. The molecule has 3 atom stereocenters.